The fourth-order valence-corrected chi connectivity index (χ4v) is 11.2. The van der Waals surface area contributed by atoms with Crippen LogP contribution in [-0.2, 0) is 19.9 Å². The molecule has 0 unspecified atom stereocenters. The topological polar surface area (TPSA) is 79.3 Å². The van der Waals surface area contributed by atoms with Crippen molar-refractivity contribution in [3.8, 4) is 5.75 Å². The van der Waals surface area contributed by atoms with E-state index in [2.05, 4.69) is 38.7 Å². The van der Waals surface area contributed by atoms with E-state index in [4.69, 9.17) is 9.47 Å². The zero-order valence-electron chi connectivity index (χ0n) is 22.8. The molecule has 2 fully saturated rings. The van der Waals surface area contributed by atoms with Gasteiger partial charge in [-0.3, -0.25) is 9.59 Å². The van der Waals surface area contributed by atoms with Crippen LogP contribution in [0.3, 0.4) is 0 Å². The van der Waals surface area contributed by atoms with Gasteiger partial charge in [-0.1, -0.05) is 43.4 Å². The van der Waals surface area contributed by atoms with Crippen LogP contribution >= 0.6 is 0 Å². The lowest BCUT2D eigenvalue weighted by atomic mass is 9.82. The summed E-state index contributed by atoms with van der Waals surface area (Å²) in [5.41, 5.74) is 1.32. The first kappa shape index (κ1) is 26.7. The van der Waals surface area contributed by atoms with Crippen molar-refractivity contribution < 1.29 is 24.2 Å². The SMILES string of the molecule is C=CCN1C(=O)[C@]2(O[C@H](CCO)[C@@H]([Si](C)(C)c3ccc(OC)cc3)[C@@H]2C)c2cc(N3CCCC3=O)ccc21. The summed E-state index contributed by atoms with van der Waals surface area (Å²) < 4.78 is 12.3. The highest BCUT2D eigenvalue weighted by Crippen LogP contribution is 2.60. The molecule has 3 heterocycles. The van der Waals surface area contributed by atoms with E-state index in [1.807, 2.05) is 35.2 Å². The van der Waals surface area contributed by atoms with Gasteiger partial charge in [0, 0.05) is 43.3 Å². The molecule has 1 spiro atoms. The van der Waals surface area contributed by atoms with Gasteiger partial charge in [0.2, 0.25) is 5.91 Å². The fraction of sp³-hybridized carbons (Fsp3) is 0.467. The number of carbonyl (C=O) groups excluding carboxylic acids is 2. The summed E-state index contributed by atoms with van der Waals surface area (Å²) in [4.78, 5) is 30.5. The predicted octanol–water partition coefficient (Wildman–Crippen LogP) is 3.95. The normalized spacial score (nSPS) is 26.9. The minimum Gasteiger partial charge on any atom is -0.497 e. The van der Waals surface area contributed by atoms with Crippen molar-refractivity contribution in [2.75, 3.05) is 36.6 Å². The highest BCUT2D eigenvalue weighted by Gasteiger charge is 2.66. The van der Waals surface area contributed by atoms with E-state index in [1.54, 1.807) is 18.1 Å². The molecule has 7 nitrogen and oxygen atoms in total. The molecule has 4 atom stereocenters. The Kier molecular flexibility index (Phi) is 7.00. The highest BCUT2D eigenvalue weighted by molar-refractivity contribution is 6.91. The molecular formula is C30H38N2O5Si. The number of aliphatic hydroxyl groups excluding tert-OH is 1. The lowest BCUT2D eigenvalue weighted by Gasteiger charge is -2.37. The number of aliphatic hydroxyl groups is 1. The molecule has 0 aromatic heterocycles. The highest BCUT2D eigenvalue weighted by atomic mass is 28.3. The van der Waals surface area contributed by atoms with E-state index in [0.29, 0.717) is 25.9 Å². The van der Waals surface area contributed by atoms with Gasteiger partial charge in [0.25, 0.3) is 5.91 Å². The van der Waals surface area contributed by atoms with Gasteiger partial charge < -0.3 is 24.4 Å². The molecule has 38 heavy (non-hydrogen) atoms. The van der Waals surface area contributed by atoms with Gasteiger partial charge in [0.15, 0.2) is 5.60 Å². The number of carbonyl (C=O) groups is 2. The lowest BCUT2D eigenvalue weighted by Crippen LogP contribution is -2.51. The third-order valence-corrected chi connectivity index (χ3v) is 13.3. The number of fused-ring (bicyclic) bond motifs is 2. The van der Waals surface area contributed by atoms with Crippen LogP contribution in [0.25, 0.3) is 0 Å². The molecule has 3 aliphatic heterocycles. The van der Waals surface area contributed by atoms with Gasteiger partial charge in [-0.15, -0.1) is 6.58 Å². The predicted molar refractivity (Wildman–Crippen MR) is 152 cm³/mol. The van der Waals surface area contributed by atoms with E-state index in [1.165, 1.54) is 5.19 Å². The Labute approximate surface area is 226 Å². The Bertz CT molecular complexity index is 1250. The summed E-state index contributed by atoms with van der Waals surface area (Å²) in [5.74, 6) is 0.681. The summed E-state index contributed by atoms with van der Waals surface area (Å²) in [6.45, 7) is 11.7. The Morgan fingerprint density at radius 1 is 1.21 bits per heavy atom. The first-order valence-corrected chi connectivity index (χ1v) is 16.6. The number of rotatable bonds is 8. The van der Waals surface area contributed by atoms with Crippen LogP contribution in [0.1, 0.15) is 31.7 Å². The Hall–Kier alpha value is -2.94. The van der Waals surface area contributed by atoms with Crippen LogP contribution < -0.4 is 19.7 Å². The van der Waals surface area contributed by atoms with Crippen LogP contribution in [0.5, 0.6) is 5.75 Å². The average molecular weight is 535 g/mol. The molecule has 2 aromatic rings. The second-order valence-corrected chi connectivity index (χ2v) is 15.9. The molecule has 1 N–H and O–H groups in total. The Morgan fingerprint density at radius 2 is 1.95 bits per heavy atom. The van der Waals surface area contributed by atoms with Crippen molar-refractivity contribution in [1.82, 2.24) is 0 Å². The maximum Gasteiger partial charge on any atom is 0.264 e. The molecule has 5 rings (SSSR count). The molecule has 3 aliphatic rings. The number of benzene rings is 2. The number of methoxy groups -OCH3 is 1. The number of hydrogen-bond acceptors (Lipinski definition) is 5. The van der Waals surface area contributed by atoms with Crippen molar-refractivity contribution in [3.63, 3.8) is 0 Å². The number of anilines is 2. The van der Waals surface area contributed by atoms with Gasteiger partial charge in [-0.05, 0) is 48.7 Å². The standard InChI is InChI=1S/C30H38N2O5Si/c1-6-16-32-25-14-9-21(31-17-7-8-27(31)34)19-24(25)30(29(32)35)20(2)28(26(37-30)15-18-33)38(4,5)23-12-10-22(36-3)11-13-23/h6,9-14,19-20,26,28,33H,1,7-8,15-18H2,2-5H3/t20-,26+,28-,30+/m0/s1. The monoisotopic (exact) mass is 534 g/mol. The molecule has 0 aliphatic carbocycles. The zero-order chi connectivity index (χ0) is 27.2. The fourth-order valence-electron chi connectivity index (χ4n) is 7.10. The second kappa shape index (κ2) is 9.98. The van der Waals surface area contributed by atoms with Crippen LogP contribution in [-0.4, -0.2) is 57.9 Å². The van der Waals surface area contributed by atoms with Crippen LogP contribution in [0.4, 0.5) is 11.4 Å². The minimum absolute atomic E-state index is 0.0171. The second-order valence-electron chi connectivity index (χ2n) is 11.2. The third-order valence-electron chi connectivity index (χ3n) is 8.93. The smallest absolute Gasteiger partial charge is 0.264 e. The van der Waals surface area contributed by atoms with Gasteiger partial charge >= 0.3 is 0 Å². The molecule has 2 amide bonds. The first-order valence-electron chi connectivity index (χ1n) is 13.5. The molecule has 2 saturated heterocycles. The van der Waals surface area contributed by atoms with Gasteiger partial charge in [0.1, 0.15) is 5.75 Å². The Balaban J connectivity index is 1.64. The van der Waals surface area contributed by atoms with Crippen molar-refractivity contribution in [1.29, 1.82) is 0 Å². The van der Waals surface area contributed by atoms with Crippen molar-refractivity contribution in [2.24, 2.45) is 5.92 Å². The molecular weight excluding hydrogens is 496 g/mol. The molecule has 0 bridgehead atoms. The molecule has 2 aromatic carbocycles. The van der Waals surface area contributed by atoms with E-state index in [-0.39, 0.29) is 36.0 Å². The largest absolute Gasteiger partial charge is 0.497 e. The maximum absolute atomic E-state index is 14.3. The molecule has 0 radical (unpaired) electrons. The summed E-state index contributed by atoms with van der Waals surface area (Å²) in [7, 11) is -0.567. The van der Waals surface area contributed by atoms with Crippen LogP contribution in [0, 0.1) is 5.92 Å². The first-order chi connectivity index (χ1) is 18.2. The van der Waals surface area contributed by atoms with E-state index < -0.39 is 13.7 Å². The number of ether oxygens (including phenoxy) is 2. The minimum atomic E-state index is -2.23. The van der Waals surface area contributed by atoms with E-state index in [0.717, 1.165) is 29.1 Å². The molecule has 202 valence electrons. The van der Waals surface area contributed by atoms with Gasteiger partial charge in [-0.2, -0.15) is 0 Å². The van der Waals surface area contributed by atoms with Crippen molar-refractivity contribution in [3.05, 3.63) is 60.7 Å². The summed E-state index contributed by atoms with van der Waals surface area (Å²) >= 11 is 0. The Morgan fingerprint density at radius 3 is 2.55 bits per heavy atom. The lowest BCUT2D eigenvalue weighted by molar-refractivity contribution is -0.146. The van der Waals surface area contributed by atoms with Crippen molar-refractivity contribution in [2.45, 2.75) is 56.5 Å². The quantitative estimate of drug-likeness (QED) is 0.410. The summed E-state index contributed by atoms with van der Waals surface area (Å²) in [6.07, 6.45) is 3.28. The molecule has 0 saturated carbocycles. The van der Waals surface area contributed by atoms with Crippen molar-refractivity contribution >= 4 is 36.4 Å². The summed E-state index contributed by atoms with van der Waals surface area (Å²) in [6, 6.07) is 14.1. The number of amides is 2. The third kappa shape index (κ3) is 3.92. The zero-order valence-corrected chi connectivity index (χ0v) is 23.8. The van der Waals surface area contributed by atoms with E-state index in [9.17, 15) is 14.7 Å². The maximum atomic E-state index is 14.3. The summed E-state index contributed by atoms with van der Waals surface area (Å²) in [5, 5.41) is 11.3. The van der Waals surface area contributed by atoms with Crippen LogP contribution in [0.2, 0.25) is 18.6 Å². The van der Waals surface area contributed by atoms with Gasteiger partial charge in [0.05, 0.1) is 27.0 Å². The van der Waals surface area contributed by atoms with Gasteiger partial charge in [-0.25, -0.2) is 0 Å². The number of hydrogen-bond donors (Lipinski definition) is 1. The van der Waals surface area contributed by atoms with Crippen LogP contribution in [0.15, 0.2) is 55.1 Å². The van der Waals surface area contributed by atoms with E-state index >= 15 is 0 Å². The number of nitrogens with zero attached hydrogens (tertiary/aromatic N) is 2. The molecule has 8 heteroatoms. The average Bonchev–Trinajstić information content (AvgIpc) is 3.54.